The lowest BCUT2D eigenvalue weighted by Gasteiger charge is -2.22. The number of aryl methyl sites for hydroxylation is 1. The molecule has 1 atom stereocenters. The van der Waals surface area contributed by atoms with Gasteiger partial charge in [-0.05, 0) is 6.92 Å². The maximum atomic E-state index is 11.8. The Labute approximate surface area is 92.7 Å². The van der Waals surface area contributed by atoms with Gasteiger partial charge in [0.05, 0.1) is 17.7 Å². The van der Waals surface area contributed by atoms with Crippen LogP contribution in [0.4, 0.5) is 0 Å². The Hall–Kier alpha value is -0.780. The van der Waals surface area contributed by atoms with Crippen LogP contribution in [0.3, 0.4) is 0 Å². The molecule has 0 spiro atoms. The Morgan fingerprint density at radius 3 is 3.27 bits per heavy atom. The number of hydrogen-bond acceptors (Lipinski definition) is 5. The van der Waals surface area contributed by atoms with Crippen LogP contribution in [-0.2, 0) is 4.74 Å². The zero-order chi connectivity index (χ0) is 10.7. The van der Waals surface area contributed by atoms with Gasteiger partial charge in [-0.15, -0.1) is 11.3 Å². The Kier molecular flexibility index (Phi) is 3.45. The van der Waals surface area contributed by atoms with Gasteiger partial charge in [0.25, 0.3) is 0 Å². The molecule has 1 aliphatic rings. The zero-order valence-corrected chi connectivity index (χ0v) is 9.47. The fraction of sp³-hybridized carbons (Fsp3) is 0.600. The first-order valence-corrected chi connectivity index (χ1v) is 5.91. The number of aromatic nitrogens is 1. The van der Waals surface area contributed by atoms with E-state index in [1.54, 1.807) is 0 Å². The number of ketones is 1. The molecule has 0 saturated carbocycles. The van der Waals surface area contributed by atoms with E-state index in [0.717, 1.165) is 18.1 Å². The molecule has 0 aliphatic carbocycles. The molecule has 5 heteroatoms. The van der Waals surface area contributed by atoms with E-state index in [2.05, 4.69) is 10.3 Å². The highest BCUT2D eigenvalue weighted by atomic mass is 32.1. The molecular formula is C10H14N2O2S. The molecule has 0 bridgehead atoms. The van der Waals surface area contributed by atoms with Crippen molar-refractivity contribution in [3.8, 4) is 0 Å². The molecule has 1 saturated heterocycles. The average molecular weight is 226 g/mol. The van der Waals surface area contributed by atoms with Gasteiger partial charge in [0.15, 0.2) is 5.78 Å². The number of thiazole rings is 1. The Morgan fingerprint density at radius 1 is 1.80 bits per heavy atom. The summed E-state index contributed by atoms with van der Waals surface area (Å²) in [6.45, 7) is 4.23. The van der Waals surface area contributed by atoms with Gasteiger partial charge >= 0.3 is 0 Å². The fourth-order valence-corrected chi connectivity index (χ4v) is 2.17. The van der Waals surface area contributed by atoms with Crippen LogP contribution in [0.5, 0.6) is 0 Å². The summed E-state index contributed by atoms with van der Waals surface area (Å²) in [5, 5.41) is 5.95. The van der Waals surface area contributed by atoms with Crippen molar-refractivity contribution < 1.29 is 9.53 Å². The summed E-state index contributed by atoms with van der Waals surface area (Å²) in [6, 6.07) is 0. The minimum Gasteiger partial charge on any atom is -0.375 e. The number of ether oxygens (including phenoxy) is 1. The first-order valence-electron chi connectivity index (χ1n) is 5.03. The smallest absolute Gasteiger partial charge is 0.184 e. The maximum absolute atomic E-state index is 11.8. The summed E-state index contributed by atoms with van der Waals surface area (Å²) in [4.78, 5) is 15.9. The van der Waals surface area contributed by atoms with E-state index in [-0.39, 0.29) is 11.9 Å². The number of nitrogens with zero attached hydrogens (tertiary/aromatic N) is 1. The van der Waals surface area contributed by atoms with Gasteiger partial charge in [-0.1, -0.05) is 0 Å². The summed E-state index contributed by atoms with van der Waals surface area (Å²) >= 11 is 1.51. The topological polar surface area (TPSA) is 51.2 Å². The molecule has 1 aromatic heterocycles. The molecule has 0 aromatic carbocycles. The van der Waals surface area contributed by atoms with Crippen molar-refractivity contribution in [2.75, 3.05) is 19.7 Å². The van der Waals surface area contributed by atoms with E-state index in [1.807, 2.05) is 12.3 Å². The van der Waals surface area contributed by atoms with E-state index in [0.29, 0.717) is 18.7 Å². The highest BCUT2D eigenvalue weighted by molar-refractivity contribution is 7.09. The predicted molar refractivity (Wildman–Crippen MR) is 58.4 cm³/mol. The van der Waals surface area contributed by atoms with Crippen LogP contribution < -0.4 is 5.32 Å². The molecule has 2 heterocycles. The molecule has 1 N–H and O–H groups in total. The van der Waals surface area contributed by atoms with Crippen LogP contribution in [0.25, 0.3) is 0 Å². The third-order valence-electron chi connectivity index (χ3n) is 2.32. The number of hydrogen-bond donors (Lipinski definition) is 1. The molecule has 1 aliphatic heterocycles. The normalized spacial score (nSPS) is 21.5. The summed E-state index contributed by atoms with van der Waals surface area (Å²) in [7, 11) is 0. The van der Waals surface area contributed by atoms with Crippen LogP contribution in [0.2, 0.25) is 0 Å². The lowest BCUT2D eigenvalue weighted by atomic mass is 10.1. The summed E-state index contributed by atoms with van der Waals surface area (Å²) in [5.74, 6) is 0.0769. The number of morpholine rings is 1. The highest BCUT2D eigenvalue weighted by Gasteiger charge is 2.19. The Morgan fingerprint density at radius 2 is 2.67 bits per heavy atom. The van der Waals surface area contributed by atoms with Crippen LogP contribution in [-0.4, -0.2) is 36.6 Å². The monoisotopic (exact) mass is 226 g/mol. The van der Waals surface area contributed by atoms with Crippen LogP contribution in [0.1, 0.15) is 21.9 Å². The van der Waals surface area contributed by atoms with Crippen molar-refractivity contribution in [3.05, 3.63) is 16.1 Å². The van der Waals surface area contributed by atoms with E-state index in [1.165, 1.54) is 11.3 Å². The van der Waals surface area contributed by atoms with Gasteiger partial charge in [0.1, 0.15) is 5.69 Å². The molecule has 2 rings (SSSR count). The SMILES string of the molecule is Cc1nc(C(=O)CC2CNCCO2)cs1. The second-order valence-corrected chi connectivity index (χ2v) is 4.64. The number of carbonyl (C=O) groups is 1. The summed E-state index contributed by atoms with van der Waals surface area (Å²) < 4.78 is 5.47. The third-order valence-corrected chi connectivity index (χ3v) is 3.10. The van der Waals surface area contributed by atoms with E-state index in [4.69, 9.17) is 4.74 Å². The van der Waals surface area contributed by atoms with Gasteiger partial charge in [0, 0.05) is 24.9 Å². The van der Waals surface area contributed by atoms with Crippen molar-refractivity contribution in [2.45, 2.75) is 19.4 Å². The van der Waals surface area contributed by atoms with Crippen molar-refractivity contribution in [1.82, 2.24) is 10.3 Å². The highest BCUT2D eigenvalue weighted by Crippen LogP contribution is 2.12. The lowest BCUT2D eigenvalue weighted by molar-refractivity contribution is 0.0239. The van der Waals surface area contributed by atoms with Crippen molar-refractivity contribution in [1.29, 1.82) is 0 Å². The largest absolute Gasteiger partial charge is 0.375 e. The third kappa shape index (κ3) is 2.84. The minimum atomic E-state index is 0.00764. The fourth-order valence-electron chi connectivity index (χ4n) is 1.55. The van der Waals surface area contributed by atoms with Gasteiger partial charge in [-0.25, -0.2) is 4.98 Å². The molecule has 1 fully saturated rings. The summed E-state index contributed by atoms with van der Waals surface area (Å²) in [5.41, 5.74) is 0.576. The van der Waals surface area contributed by atoms with Crippen molar-refractivity contribution in [3.63, 3.8) is 0 Å². The quantitative estimate of drug-likeness (QED) is 0.782. The molecule has 15 heavy (non-hydrogen) atoms. The van der Waals surface area contributed by atoms with Crippen LogP contribution in [0.15, 0.2) is 5.38 Å². The molecule has 1 aromatic rings. The molecular weight excluding hydrogens is 212 g/mol. The summed E-state index contributed by atoms with van der Waals surface area (Å²) in [6.07, 6.45) is 0.434. The standard InChI is InChI=1S/C10H14N2O2S/c1-7-12-9(6-15-7)10(13)4-8-5-11-2-3-14-8/h6,8,11H,2-5H2,1H3. The second-order valence-electron chi connectivity index (χ2n) is 3.58. The van der Waals surface area contributed by atoms with Gasteiger partial charge in [-0.2, -0.15) is 0 Å². The molecule has 0 amide bonds. The zero-order valence-electron chi connectivity index (χ0n) is 8.66. The second kappa shape index (κ2) is 4.83. The Balaban J connectivity index is 1.91. The van der Waals surface area contributed by atoms with E-state index < -0.39 is 0 Å². The van der Waals surface area contributed by atoms with Crippen molar-refractivity contribution in [2.24, 2.45) is 0 Å². The van der Waals surface area contributed by atoms with Crippen LogP contribution >= 0.6 is 11.3 Å². The minimum absolute atomic E-state index is 0.00764. The molecule has 82 valence electrons. The molecule has 4 nitrogen and oxygen atoms in total. The number of rotatable bonds is 3. The number of Topliss-reactive ketones (excluding diaryl/α,β-unsaturated/α-hetero) is 1. The van der Waals surface area contributed by atoms with E-state index in [9.17, 15) is 4.79 Å². The average Bonchev–Trinajstić information content (AvgIpc) is 2.66. The number of nitrogens with one attached hydrogen (secondary N) is 1. The molecule has 1 unspecified atom stereocenters. The van der Waals surface area contributed by atoms with Gasteiger partial charge in [0.2, 0.25) is 0 Å². The Bertz CT molecular complexity index is 345. The number of carbonyl (C=O) groups excluding carboxylic acids is 1. The van der Waals surface area contributed by atoms with Crippen molar-refractivity contribution >= 4 is 17.1 Å². The lowest BCUT2D eigenvalue weighted by Crippen LogP contribution is -2.39. The molecule has 0 radical (unpaired) electrons. The first kappa shape index (κ1) is 10.7. The van der Waals surface area contributed by atoms with E-state index >= 15 is 0 Å². The predicted octanol–water partition coefficient (Wildman–Crippen LogP) is 1.01. The van der Waals surface area contributed by atoms with Gasteiger partial charge < -0.3 is 10.1 Å². The van der Waals surface area contributed by atoms with Gasteiger partial charge in [-0.3, -0.25) is 4.79 Å². The first-order chi connectivity index (χ1) is 7.25. The van der Waals surface area contributed by atoms with Crippen LogP contribution in [0, 0.1) is 6.92 Å². The maximum Gasteiger partial charge on any atom is 0.184 e.